The van der Waals surface area contributed by atoms with Crippen LogP contribution in [0.4, 0.5) is 5.69 Å². The number of amides is 1. The van der Waals surface area contributed by atoms with Gasteiger partial charge in [-0.2, -0.15) is 4.98 Å². The van der Waals surface area contributed by atoms with Crippen LogP contribution < -0.4 is 4.74 Å². The summed E-state index contributed by atoms with van der Waals surface area (Å²) in [7, 11) is 1.59. The van der Waals surface area contributed by atoms with Gasteiger partial charge in [-0.1, -0.05) is 17.3 Å². The van der Waals surface area contributed by atoms with Gasteiger partial charge in [-0.3, -0.25) is 14.9 Å². The van der Waals surface area contributed by atoms with Crippen molar-refractivity contribution in [2.45, 2.75) is 25.3 Å². The maximum absolute atomic E-state index is 12.9. The molecule has 2 aromatic carbocycles. The number of methoxy groups -OCH3 is 1. The van der Waals surface area contributed by atoms with Gasteiger partial charge in [-0.05, 0) is 55.2 Å². The Labute approximate surface area is 184 Å². The standard InChI is InChI=1S/C23H22N4O5/c1-31-19-6-4-5-17(15-19)22-24-23(32-25-22)20-7-2-3-14-26(20)21(28)13-10-16-8-11-18(12-9-16)27(29)30/h4-6,8-13,15,20H,2-3,7,14H2,1H3. The number of non-ortho nitro benzene ring substituents is 1. The highest BCUT2D eigenvalue weighted by Crippen LogP contribution is 2.32. The van der Waals surface area contributed by atoms with Crippen LogP contribution in [0.1, 0.15) is 36.8 Å². The highest BCUT2D eigenvalue weighted by atomic mass is 16.6. The zero-order chi connectivity index (χ0) is 22.5. The number of ether oxygens (including phenoxy) is 1. The molecule has 9 heteroatoms. The molecule has 1 saturated heterocycles. The summed E-state index contributed by atoms with van der Waals surface area (Å²) in [6.45, 7) is 0.588. The number of nitrogens with zero attached hydrogens (tertiary/aromatic N) is 4. The Kier molecular flexibility index (Phi) is 6.25. The lowest BCUT2D eigenvalue weighted by Crippen LogP contribution is -2.37. The molecule has 3 aromatic rings. The summed E-state index contributed by atoms with van der Waals surface area (Å²) in [6.07, 6.45) is 5.70. The molecule has 32 heavy (non-hydrogen) atoms. The molecule has 1 atom stereocenters. The van der Waals surface area contributed by atoms with E-state index in [4.69, 9.17) is 9.26 Å². The lowest BCUT2D eigenvalue weighted by Gasteiger charge is -2.32. The van der Waals surface area contributed by atoms with E-state index in [1.807, 2.05) is 24.3 Å². The molecule has 1 aliphatic rings. The van der Waals surface area contributed by atoms with Gasteiger partial charge in [0.2, 0.25) is 17.6 Å². The second kappa shape index (κ2) is 9.42. The van der Waals surface area contributed by atoms with Crippen molar-refractivity contribution in [3.8, 4) is 17.1 Å². The molecule has 0 spiro atoms. The number of nitro groups is 1. The Hall–Kier alpha value is -4.01. The van der Waals surface area contributed by atoms with Gasteiger partial charge in [0.15, 0.2) is 0 Å². The Bertz CT molecular complexity index is 1140. The lowest BCUT2D eigenvalue weighted by atomic mass is 10.0. The van der Waals surface area contributed by atoms with Crippen molar-refractivity contribution >= 4 is 17.7 Å². The third-order valence-corrected chi connectivity index (χ3v) is 5.36. The summed E-state index contributed by atoms with van der Waals surface area (Å²) in [5.74, 6) is 1.37. The lowest BCUT2D eigenvalue weighted by molar-refractivity contribution is -0.384. The van der Waals surface area contributed by atoms with Crippen LogP contribution in [-0.4, -0.2) is 39.5 Å². The van der Waals surface area contributed by atoms with Crippen LogP contribution in [0.3, 0.4) is 0 Å². The molecule has 0 saturated carbocycles. The average molecular weight is 434 g/mol. The number of benzene rings is 2. The van der Waals surface area contributed by atoms with E-state index in [1.54, 1.807) is 30.2 Å². The maximum atomic E-state index is 12.9. The third-order valence-electron chi connectivity index (χ3n) is 5.36. The van der Waals surface area contributed by atoms with Crippen LogP contribution in [0.2, 0.25) is 0 Å². The van der Waals surface area contributed by atoms with Crippen LogP contribution in [-0.2, 0) is 4.79 Å². The van der Waals surface area contributed by atoms with Crippen molar-refractivity contribution in [2.24, 2.45) is 0 Å². The molecule has 0 bridgehead atoms. The van der Waals surface area contributed by atoms with E-state index in [-0.39, 0.29) is 17.6 Å². The predicted molar refractivity (Wildman–Crippen MR) is 117 cm³/mol. The number of piperidine rings is 1. The van der Waals surface area contributed by atoms with Crippen molar-refractivity contribution in [1.82, 2.24) is 15.0 Å². The summed E-state index contributed by atoms with van der Waals surface area (Å²) >= 11 is 0. The van der Waals surface area contributed by atoms with Gasteiger partial charge in [0.1, 0.15) is 11.8 Å². The van der Waals surface area contributed by atoms with Gasteiger partial charge >= 0.3 is 0 Å². The number of hydrogen-bond acceptors (Lipinski definition) is 7. The van der Waals surface area contributed by atoms with E-state index in [0.717, 1.165) is 24.8 Å². The smallest absolute Gasteiger partial charge is 0.269 e. The number of carbonyl (C=O) groups is 1. The molecule has 2 heterocycles. The van der Waals surface area contributed by atoms with Crippen molar-refractivity contribution < 1.29 is 19.0 Å². The molecule has 1 aliphatic heterocycles. The molecule has 1 unspecified atom stereocenters. The monoisotopic (exact) mass is 434 g/mol. The molecular formula is C23H22N4O5. The van der Waals surface area contributed by atoms with Crippen LogP contribution in [0.15, 0.2) is 59.1 Å². The molecule has 4 rings (SSSR count). The van der Waals surface area contributed by atoms with E-state index < -0.39 is 4.92 Å². The van der Waals surface area contributed by atoms with Crippen LogP contribution in [0, 0.1) is 10.1 Å². The SMILES string of the molecule is COc1cccc(-c2noc(C3CCCCN3C(=O)C=Cc3ccc([N+](=O)[O-])cc3)n2)c1. The second-order valence-electron chi connectivity index (χ2n) is 7.41. The topological polar surface area (TPSA) is 112 Å². The summed E-state index contributed by atoms with van der Waals surface area (Å²) in [5.41, 5.74) is 1.48. The fraction of sp³-hybridized carbons (Fsp3) is 0.261. The van der Waals surface area contributed by atoms with Crippen LogP contribution in [0.25, 0.3) is 17.5 Å². The minimum Gasteiger partial charge on any atom is -0.497 e. The first kappa shape index (κ1) is 21.2. The van der Waals surface area contributed by atoms with Crippen molar-refractivity contribution in [1.29, 1.82) is 0 Å². The zero-order valence-corrected chi connectivity index (χ0v) is 17.5. The van der Waals surface area contributed by atoms with Gasteiger partial charge in [-0.25, -0.2) is 0 Å². The first-order chi connectivity index (χ1) is 15.5. The fourth-order valence-corrected chi connectivity index (χ4v) is 3.67. The van der Waals surface area contributed by atoms with Gasteiger partial charge in [0.25, 0.3) is 5.69 Å². The Morgan fingerprint density at radius 2 is 2.06 bits per heavy atom. The normalized spacial score (nSPS) is 16.3. The predicted octanol–water partition coefficient (Wildman–Crippen LogP) is 4.42. The zero-order valence-electron chi connectivity index (χ0n) is 17.5. The van der Waals surface area contributed by atoms with E-state index >= 15 is 0 Å². The number of rotatable bonds is 6. The van der Waals surface area contributed by atoms with Crippen LogP contribution >= 0.6 is 0 Å². The van der Waals surface area contributed by atoms with E-state index in [0.29, 0.717) is 29.6 Å². The highest BCUT2D eigenvalue weighted by Gasteiger charge is 2.31. The Morgan fingerprint density at radius 1 is 1.25 bits per heavy atom. The van der Waals surface area contributed by atoms with E-state index in [9.17, 15) is 14.9 Å². The number of hydrogen-bond donors (Lipinski definition) is 0. The van der Waals surface area contributed by atoms with Gasteiger partial charge < -0.3 is 14.2 Å². The van der Waals surface area contributed by atoms with E-state index in [2.05, 4.69) is 10.1 Å². The summed E-state index contributed by atoms with van der Waals surface area (Å²) < 4.78 is 10.8. The van der Waals surface area contributed by atoms with Crippen molar-refractivity contribution in [3.05, 3.63) is 76.2 Å². The number of likely N-dealkylation sites (tertiary alicyclic amines) is 1. The fourth-order valence-electron chi connectivity index (χ4n) is 3.67. The first-order valence-corrected chi connectivity index (χ1v) is 10.3. The molecule has 0 N–H and O–H groups in total. The molecule has 9 nitrogen and oxygen atoms in total. The molecule has 1 amide bonds. The van der Waals surface area contributed by atoms with E-state index in [1.165, 1.54) is 18.2 Å². The van der Waals surface area contributed by atoms with Gasteiger partial charge in [0.05, 0.1) is 12.0 Å². The highest BCUT2D eigenvalue weighted by molar-refractivity contribution is 5.92. The summed E-state index contributed by atoms with van der Waals surface area (Å²) in [6, 6.07) is 13.1. The molecule has 1 aromatic heterocycles. The quantitative estimate of drug-likeness (QED) is 0.321. The molecule has 164 valence electrons. The molecule has 1 fully saturated rings. The Balaban J connectivity index is 1.50. The summed E-state index contributed by atoms with van der Waals surface area (Å²) in [5, 5.41) is 14.9. The third kappa shape index (κ3) is 4.66. The molecular weight excluding hydrogens is 412 g/mol. The minimum atomic E-state index is -0.457. The molecule has 0 radical (unpaired) electrons. The average Bonchev–Trinajstić information content (AvgIpc) is 3.33. The van der Waals surface area contributed by atoms with Gasteiger partial charge in [-0.15, -0.1) is 0 Å². The van der Waals surface area contributed by atoms with Gasteiger partial charge in [0, 0.05) is 30.3 Å². The summed E-state index contributed by atoms with van der Waals surface area (Å²) in [4.78, 5) is 29.5. The van der Waals surface area contributed by atoms with Crippen molar-refractivity contribution in [2.75, 3.05) is 13.7 Å². The number of aromatic nitrogens is 2. The molecule has 0 aliphatic carbocycles. The van der Waals surface area contributed by atoms with Crippen molar-refractivity contribution in [3.63, 3.8) is 0 Å². The Morgan fingerprint density at radius 3 is 2.81 bits per heavy atom. The number of nitro benzene ring substituents is 1. The largest absolute Gasteiger partial charge is 0.497 e. The van der Waals surface area contributed by atoms with Crippen LogP contribution in [0.5, 0.6) is 5.75 Å². The number of carbonyl (C=O) groups excluding carboxylic acids is 1. The first-order valence-electron chi connectivity index (χ1n) is 10.3. The second-order valence-corrected chi connectivity index (χ2v) is 7.41. The minimum absolute atomic E-state index is 0.00723. The maximum Gasteiger partial charge on any atom is 0.269 e.